The van der Waals surface area contributed by atoms with Gasteiger partial charge in [-0.2, -0.15) is 0 Å². The van der Waals surface area contributed by atoms with Crippen molar-refractivity contribution >= 4 is 17.5 Å². The van der Waals surface area contributed by atoms with Crippen LogP contribution in [0, 0.1) is 5.92 Å². The van der Waals surface area contributed by atoms with Crippen molar-refractivity contribution in [1.82, 2.24) is 9.80 Å². The molecular weight excluding hydrogens is 332 g/mol. The number of carbonyl (C=O) groups excluding carboxylic acids is 2. The smallest absolute Gasteiger partial charge is 0.236 e. The number of amides is 2. The van der Waals surface area contributed by atoms with Gasteiger partial charge in [-0.25, -0.2) is 0 Å². The van der Waals surface area contributed by atoms with E-state index in [1.54, 1.807) is 7.11 Å². The summed E-state index contributed by atoms with van der Waals surface area (Å²) in [7, 11) is 1.66. The van der Waals surface area contributed by atoms with Crippen LogP contribution < -0.4 is 15.4 Å². The Bertz CT molecular complexity index is 618. The third-order valence-corrected chi connectivity index (χ3v) is 5.42. The predicted molar refractivity (Wildman–Crippen MR) is 100 cm³/mol. The molecule has 0 bridgehead atoms. The Morgan fingerprint density at radius 3 is 2.19 bits per heavy atom. The molecule has 2 saturated heterocycles. The fourth-order valence-corrected chi connectivity index (χ4v) is 3.67. The van der Waals surface area contributed by atoms with Gasteiger partial charge in [0.25, 0.3) is 0 Å². The summed E-state index contributed by atoms with van der Waals surface area (Å²) in [4.78, 5) is 30.2. The highest BCUT2D eigenvalue weighted by Gasteiger charge is 2.27. The van der Waals surface area contributed by atoms with Crippen LogP contribution in [0.15, 0.2) is 24.3 Å². The second kappa shape index (κ2) is 8.40. The van der Waals surface area contributed by atoms with Gasteiger partial charge in [-0.05, 0) is 50.2 Å². The Labute approximate surface area is 154 Å². The average Bonchev–Trinajstić information content (AvgIpc) is 2.68. The van der Waals surface area contributed by atoms with Crippen molar-refractivity contribution in [2.24, 2.45) is 11.7 Å². The summed E-state index contributed by atoms with van der Waals surface area (Å²) in [5, 5.41) is 0. The van der Waals surface area contributed by atoms with Crippen LogP contribution in [0.4, 0.5) is 5.69 Å². The lowest BCUT2D eigenvalue weighted by atomic mass is 9.96. The monoisotopic (exact) mass is 360 g/mol. The number of carbonyl (C=O) groups is 2. The number of hydrogen-bond acceptors (Lipinski definition) is 5. The van der Waals surface area contributed by atoms with Crippen LogP contribution in [0.1, 0.15) is 12.8 Å². The molecule has 1 aromatic carbocycles. The van der Waals surface area contributed by atoms with E-state index < -0.39 is 0 Å². The van der Waals surface area contributed by atoms with E-state index in [2.05, 4.69) is 21.9 Å². The van der Waals surface area contributed by atoms with Gasteiger partial charge in [0.1, 0.15) is 5.75 Å². The first kappa shape index (κ1) is 18.5. The van der Waals surface area contributed by atoms with E-state index in [1.165, 1.54) is 0 Å². The van der Waals surface area contributed by atoms with Crippen molar-refractivity contribution in [3.05, 3.63) is 24.3 Å². The first-order valence-corrected chi connectivity index (χ1v) is 9.25. The van der Waals surface area contributed by atoms with Crippen molar-refractivity contribution in [2.75, 3.05) is 57.8 Å². The van der Waals surface area contributed by atoms with Crippen LogP contribution in [-0.2, 0) is 9.59 Å². The molecule has 1 aromatic rings. The number of likely N-dealkylation sites (tertiary alicyclic amines) is 1. The van der Waals surface area contributed by atoms with E-state index in [4.69, 9.17) is 10.5 Å². The van der Waals surface area contributed by atoms with Crippen LogP contribution in [0.25, 0.3) is 0 Å². The van der Waals surface area contributed by atoms with Crippen LogP contribution in [0.2, 0.25) is 0 Å². The standard InChI is InChI=1S/C19H28N4O3/c1-26-17-4-2-16(3-5-17)22-10-12-23(13-11-22)18(24)14-21-8-6-15(7-9-21)19(20)25/h2-5,15H,6-14H2,1H3,(H2,20,25). The number of piperazine rings is 1. The zero-order valence-corrected chi connectivity index (χ0v) is 15.4. The minimum absolute atomic E-state index is 0.0330. The number of nitrogens with zero attached hydrogens (tertiary/aromatic N) is 3. The molecule has 0 radical (unpaired) electrons. The average molecular weight is 360 g/mol. The Hall–Kier alpha value is -2.28. The van der Waals surface area contributed by atoms with Gasteiger partial charge in [-0.3, -0.25) is 14.5 Å². The molecular formula is C19H28N4O3. The van der Waals surface area contributed by atoms with Gasteiger partial charge in [-0.15, -0.1) is 0 Å². The van der Waals surface area contributed by atoms with Crippen molar-refractivity contribution in [1.29, 1.82) is 0 Å². The zero-order chi connectivity index (χ0) is 18.5. The van der Waals surface area contributed by atoms with Crippen LogP contribution in [0.3, 0.4) is 0 Å². The molecule has 2 amide bonds. The minimum Gasteiger partial charge on any atom is -0.497 e. The lowest BCUT2D eigenvalue weighted by Gasteiger charge is -2.38. The van der Waals surface area contributed by atoms with Crippen LogP contribution in [0.5, 0.6) is 5.75 Å². The Morgan fingerprint density at radius 2 is 1.65 bits per heavy atom. The Kier molecular flexibility index (Phi) is 5.98. The third kappa shape index (κ3) is 4.46. The molecule has 7 nitrogen and oxygen atoms in total. The highest BCUT2D eigenvalue weighted by atomic mass is 16.5. The molecule has 0 aromatic heterocycles. The number of rotatable bonds is 5. The summed E-state index contributed by atoms with van der Waals surface area (Å²) in [6.07, 6.45) is 1.52. The maximum atomic E-state index is 12.6. The Morgan fingerprint density at radius 1 is 1.04 bits per heavy atom. The highest BCUT2D eigenvalue weighted by molar-refractivity contribution is 5.79. The molecule has 7 heteroatoms. The molecule has 26 heavy (non-hydrogen) atoms. The molecule has 0 spiro atoms. The number of anilines is 1. The number of benzene rings is 1. The molecule has 142 valence electrons. The molecule has 3 rings (SSSR count). The van der Waals surface area contributed by atoms with Gasteiger partial charge in [-0.1, -0.05) is 0 Å². The van der Waals surface area contributed by atoms with Crippen molar-refractivity contribution in [3.8, 4) is 5.75 Å². The first-order chi connectivity index (χ1) is 12.6. The fourth-order valence-electron chi connectivity index (χ4n) is 3.67. The molecule has 0 aliphatic carbocycles. The summed E-state index contributed by atoms with van der Waals surface area (Å²) in [6, 6.07) is 8.03. The number of hydrogen-bond donors (Lipinski definition) is 1. The predicted octanol–water partition coefficient (Wildman–Crippen LogP) is 0.541. The first-order valence-electron chi connectivity index (χ1n) is 9.25. The number of ether oxygens (including phenoxy) is 1. The van der Waals surface area contributed by atoms with Crippen molar-refractivity contribution < 1.29 is 14.3 Å². The molecule has 0 unspecified atom stereocenters. The van der Waals surface area contributed by atoms with E-state index >= 15 is 0 Å². The largest absolute Gasteiger partial charge is 0.497 e. The summed E-state index contributed by atoms with van der Waals surface area (Å²) in [5.74, 6) is 0.777. The number of nitrogens with two attached hydrogens (primary N) is 1. The van der Waals surface area contributed by atoms with E-state index in [0.29, 0.717) is 6.54 Å². The van der Waals surface area contributed by atoms with E-state index in [0.717, 1.165) is 63.5 Å². The second-order valence-electron chi connectivity index (χ2n) is 7.02. The number of primary amides is 1. The lowest BCUT2D eigenvalue weighted by Crippen LogP contribution is -2.52. The lowest BCUT2D eigenvalue weighted by molar-refractivity contribution is -0.133. The molecule has 0 saturated carbocycles. The van der Waals surface area contributed by atoms with Gasteiger partial charge in [0.2, 0.25) is 11.8 Å². The van der Waals surface area contributed by atoms with Gasteiger partial charge in [0.15, 0.2) is 0 Å². The second-order valence-corrected chi connectivity index (χ2v) is 7.02. The molecule has 2 fully saturated rings. The zero-order valence-electron chi connectivity index (χ0n) is 15.4. The molecule has 2 N–H and O–H groups in total. The summed E-state index contributed by atoms with van der Waals surface area (Å²) in [6.45, 7) is 5.12. The maximum absolute atomic E-state index is 12.6. The van der Waals surface area contributed by atoms with E-state index in [-0.39, 0.29) is 17.7 Å². The quantitative estimate of drug-likeness (QED) is 0.829. The Balaban J connectivity index is 1.44. The van der Waals surface area contributed by atoms with Gasteiger partial charge in [0, 0.05) is 37.8 Å². The number of methoxy groups -OCH3 is 1. The molecule has 2 aliphatic heterocycles. The van der Waals surface area contributed by atoms with Gasteiger partial charge in [0.05, 0.1) is 13.7 Å². The van der Waals surface area contributed by atoms with Crippen LogP contribution >= 0.6 is 0 Å². The highest BCUT2D eigenvalue weighted by Crippen LogP contribution is 2.21. The van der Waals surface area contributed by atoms with Crippen molar-refractivity contribution in [2.45, 2.75) is 12.8 Å². The van der Waals surface area contributed by atoms with E-state index in [9.17, 15) is 9.59 Å². The normalized spacial score (nSPS) is 19.4. The van der Waals surface area contributed by atoms with E-state index in [1.807, 2.05) is 17.0 Å². The van der Waals surface area contributed by atoms with Crippen LogP contribution in [-0.4, -0.2) is 74.5 Å². The summed E-state index contributed by atoms with van der Waals surface area (Å²) in [5.41, 5.74) is 6.52. The van der Waals surface area contributed by atoms with Gasteiger partial charge >= 0.3 is 0 Å². The van der Waals surface area contributed by atoms with Crippen molar-refractivity contribution in [3.63, 3.8) is 0 Å². The summed E-state index contributed by atoms with van der Waals surface area (Å²) < 4.78 is 5.20. The summed E-state index contributed by atoms with van der Waals surface area (Å²) >= 11 is 0. The topological polar surface area (TPSA) is 79.1 Å². The maximum Gasteiger partial charge on any atom is 0.236 e. The third-order valence-electron chi connectivity index (χ3n) is 5.42. The molecule has 0 atom stereocenters. The van der Waals surface area contributed by atoms with Gasteiger partial charge < -0.3 is 20.3 Å². The molecule has 2 aliphatic rings. The minimum atomic E-state index is -0.217. The molecule has 2 heterocycles. The fraction of sp³-hybridized carbons (Fsp3) is 0.579. The SMILES string of the molecule is COc1ccc(N2CCN(C(=O)CN3CCC(C(N)=O)CC3)CC2)cc1. The number of piperidine rings is 1.